The molecule has 5 rings (SSSR count). The van der Waals surface area contributed by atoms with Gasteiger partial charge in [-0.1, -0.05) is 24.3 Å². The molecule has 2 aromatic rings. The van der Waals surface area contributed by atoms with E-state index in [1.54, 1.807) is 30.3 Å². The Balaban J connectivity index is 1.35. The predicted octanol–water partition coefficient (Wildman–Crippen LogP) is 2.87. The first kappa shape index (κ1) is 17.6. The van der Waals surface area contributed by atoms with Gasteiger partial charge in [0, 0.05) is 5.56 Å². The predicted molar refractivity (Wildman–Crippen MR) is 103 cm³/mol. The molecule has 7 heteroatoms. The van der Waals surface area contributed by atoms with E-state index in [1.807, 2.05) is 18.2 Å². The Morgan fingerprint density at radius 1 is 1.14 bits per heavy atom. The summed E-state index contributed by atoms with van der Waals surface area (Å²) in [7, 11) is 1.33. The van der Waals surface area contributed by atoms with E-state index in [1.165, 1.54) is 13.3 Å². The molecule has 0 spiro atoms. The van der Waals surface area contributed by atoms with E-state index in [4.69, 9.17) is 9.15 Å². The Kier molecular flexibility index (Phi) is 3.97. The van der Waals surface area contributed by atoms with Crippen LogP contribution in [0.25, 0.3) is 11.3 Å². The molecule has 0 N–H and O–H groups in total. The Morgan fingerprint density at radius 2 is 1.86 bits per heavy atom. The van der Waals surface area contributed by atoms with Crippen LogP contribution in [-0.4, -0.2) is 36.1 Å². The van der Waals surface area contributed by atoms with Crippen LogP contribution in [0.4, 0.5) is 0 Å². The third kappa shape index (κ3) is 2.73. The van der Waals surface area contributed by atoms with Crippen molar-refractivity contribution in [1.29, 1.82) is 0 Å². The van der Waals surface area contributed by atoms with E-state index in [9.17, 15) is 14.4 Å². The summed E-state index contributed by atoms with van der Waals surface area (Å²) in [5.74, 6) is -0.196. The number of ether oxygens (including phenoxy) is 1. The average Bonchev–Trinajstić information content (AvgIpc) is 3.51. The molecule has 1 aromatic heterocycles. The van der Waals surface area contributed by atoms with Crippen LogP contribution in [0.3, 0.4) is 0 Å². The fraction of sp³-hybridized carbons (Fsp3) is 0.273. The van der Waals surface area contributed by atoms with Crippen LogP contribution in [0.5, 0.6) is 0 Å². The zero-order valence-electron chi connectivity index (χ0n) is 15.6. The van der Waals surface area contributed by atoms with Gasteiger partial charge in [0.2, 0.25) is 0 Å². The first-order chi connectivity index (χ1) is 14.1. The molecule has 4 unspecified atom stereocenters. The van der Waals surface area contributed by atoms with Crippen LogP contribution >= 0.6 is 0 Å². The molecule has 1 saturated heterocycles. The van der Waals surface area contributed by atoms with Gasteiger partial charge in [0.05, 0.1) is 30.7 Å². The topological polar surface area (TPSA) is 89.2 Å². The van der Waals surface area contributed by atoms with Gasteiger partial charge in [-0.05, 0) is 42.5 Å². The molecule has 2 fully saturated rings. The van der Waals surface area contributed by atoms with Crippen LogP contribution in [-0.2, 0) is 14.3 Å². The summed E-state index contributed by atoms with van der Waals surface area (Å²) in [5.41, 5.74) is 1.12. The molecule has 1 aromatic carbocycles. The quantitative estimate of drug-likeness (QED) is 0.347. The van der Waals surface area contributed by atoms with E-state index in [-0.39, 0.29) is 35.5 Å². The lowest BCUT2D eigenvalue weighted by Crippen LogP contribution is -2.28. The van der Waals surface area contributed by atoms with Crippen molar-refractivity contribution in [2.75, 3.05) is 7.11 Å². The minimum atomic E-state index is -0.430. The maximum atomic E-state index is 12.6. The van der Waals surface area contributed by atoms with Crippen LogP contribution < -0.4 is 0 Å². The largest absolute Gasteiger partial charge is 0.465 e. The molecule has 2 aliphatic carbocycles. The molecular weight excluding hydrogens is 372 g/mol. The van der Waals surface area contributed by atoms with Crippen LogP contribution in [0, 0.1) is 23.7 Å². The van der Waals surface area contributed by atoms with Crippen LogP contribution in [0.15, 0.2) is 58.1 Å². The maximum Gasteiger partial charge on any atom is 0.337 e. The van der Waals surface area contributed by atoms with Crippen molar-refractivity contribution < 1.29 is 23.5 Å². The molecule has 1 aliphatic heterocycles. The minimum absolute atomic E-state index is 0.152. The summed E-state index contributed by atoms with van der Waals surface area (Å²) in [6.07, 6.45) is 6.35. The van der Waals surface area contributed by atoms with Gasteiger partial charge >= 0.3 is 5.97 Å². The number of benzene rings is 1. The lowest BCUT2D eigenvalue weighted by atomic mass is 9.85. The zero-order valence-corrected chi connectivity index (χ0v) is 15.6. The van der Waals surface area contributed by atoms with Gasteiger partial charge in [-0.2, -0.15) is 10.1 Å². The van der Waals surface area contributed by atoms with Crippen molar-refractivity contribution in [3.8, 4) is 11.3 Å². The number of fused-ring (bicyclic) bond motifs is 5. The van der Waals surface area contributed by atoms with Crippen molar-refractivity contribution >= 4 is 24.0 Å². The van der Waals surface area contributed by atoms with E-state index in [0.29, 0.717) is 22.6 Å². The molecule has 2 bridgehead atoms. The van der Waals surface area contributed by atoms with Crippen molar-refractivity contribution in [3.05, 3.63) is 59.9 Å². The molecule has 0 radical (unpaired) electrons. The van der Waals surface area contributed by atoms with Gasteiger partial charge in [-0.3, -0.25) is 9.59 Å². The van der Waals surface area contributed by atoms with Crippen LogP contribution in [0.2, 0.25) is 0 Å². The maximum absolute atomic E-state index is 12.6. The Labute approximate surface area is 166 Å². The summed E-state index contributed by atoms with van der Waals surface area (Å²) in [6, 6.07) is 10.3. The second kappa shape index (κ2) is 6.55. The molecule has 29 heavy (non-hydrogen) atoms. The van der Waals surface area contributed by atoms with Crippen molar-refractivity contribution in [1.82, 2.24) is 5.01 Å². The summed E-state index contributed by atoms with van der Waals surface area (Å²) in [6.45, 7) is 0. The molecule has 2 amide bonds. The van der Waals surface area contributed by atoms with Crippen LogP contribution in [0.1, 0.15) is 22.5 Å². The summed E-state index contributed by atoms with van der Waals surface area (Å²) < 4.78 is 10.5. The highest BCUT2D eigenvalue weighted by Crippen LogP contribution is 2.52. The average molecular weight is 390 g/mol. The number of methoxy groups -OCH3 is 1. The zero-order chi connectivity index (χ0) is 20.1. The number of hydrogen-bond acceptors (Lipinski definition) is 6. The number of rotatable bonds is 4. The Morgan fingerprint density at radius 3 is 2.55 bits per heavy atom. The number of hydrogen-bond donors (Lipinski definition) is 0. The first-order valence-corrected chi connectivity index (χ1v) is 9.45. The highest BCUT2D eigenvalue weighted by atomic mass is 16.5. The van der Waals surface area contributed by atoms with Gasteiger partial charge in [-0.25, -0.2) is 4.79 Å². The number of carbonyl (C=O) groups excluding carboxylic acids is 3. The number of esters is 1. The lowest BCUT2D eigenvalue weighted by Gasteiger charge is -2.13. The van der Waals surface area contributed by atoms with Gasteiger partial charge in [-0.15, -0.1) is 0 Å². The number of furan rings is 1. The van der Waals surface area contributed by atoms with Gasteiger partial charge in [0.15, 0.2) is 0 Å². The highest BCUT2D eigenvalue weighted by Gasteiger charge is 2.59. The first-order valence-electron chi connectivity index (χ1n) is 9.45. The molecular formula is C22H18N2O5. The summed E-state index contributed by atoms with van der Waals surface area (Å²) in [4.78, 5) is 37.0. The lowest BCUT2D eigenvalue weighted by molar-refractivity contribution is -0.140. The summed E-state index contributed by atoms with van der Waals surface area (Å²) >= 11 is 0. The molecule has 146 valence electrons. The van der Waals surface area contributed by atoms with Gasteiger partial charge in [0.25, 0.3) is 11.8 Å². The van der Waals surface area contributed by atoms with Gasteiger partial charge in [0.1, 0.15) is 11.5 Å². The molecule has 1 saturated carbocycles. The van der Waals surface area contributed by atoms with Crippen molar-refractivity contribution in [2.45, 2.75) is 6.42 Å². The van der Waals surface area contributed by atoms with Crippen molar-refractivity contribution in [3.63, 3.8) is 0 Å². The fourth-order valence-electron chi connectivity index (χ4n) is 4.61. The molecule has 2 heterocycles. The molecule has 3 aliphatic rings. The third-order valence-corrected chi connectivity index (χ3v) is 5.94. The Hall–Kier alpha value is -3.48. The highest BCUT2D eigenvalue weighted by molar-refractivity contribution is 6.06. The Bertz CT molecular complexity index is 1050. The van der Waals surface area contributed by atoms with E-state index in [2.05, 4.69) is 5.10 Å². The smallest absolute Gasteiger partial charge is 0.337 e. The number of carbonyl (C=O) groups is 3. The second-order valence-electron chi connectivity index (χ2n) is 7.51. The standard InChI is InChI=1S/C22H18N2O5/c1-28-22(27)15-4-2-3-12(9-15)17-8-7-16(29-17)11-23-24-20(25)18-13-5-6-14(10-13)19(18)21(24)26/h2-9,11,13-14,18-19H,10H2,1H3/b23-11+. The van der Waals surface area contributed by atoms with Gasteiger partial charge < -0.3 is 9.15 Å². The second-order valence-corrected chi connectivity index (χ2v) is 7.51. The molecule has 4 atom stereocenters. The minimum Gasteiger partial charge on any atom is -0.465 e. The summed E-state index contributed by atoms with van der Waals surface area (Å²) in [5, 5.41) is 5.10. The van der Waals surface area contributed by atoms with Crippen molar-refractivity contribution in [2.24, 2.45) is 28.8 Å². The normalized spacial score (nSPS) is 27.3. The number of amides is 2. The fourth-order valence-corrected chi connectivity index (χ4v) is 4.61. The van der Waals surface area contributed by atoms with E-state index in [0.717, 1.165) is 11.4 Å². The van der Waals surface area contributed by atoms with E-state index < -0.39 is 5.97 Å². The number of hydrazone groups is 1. The monoisotopic (exact) mass is 390 g/mol. The molecule has 7 nitrogen and oxygen atoms in total. The number of allylic oxidation sites excluding steroid dienone is 2. The SMILES string of the molecule is COC(=O)c1cccc(-c2ccc(/C=N/N3C(=O)C4C5C=CC(C5)C4C3=O)o2)c1. The number of nitrogens with zero attached hydrogens (tertiary/aromatic N) is 2. The van der Waals surface area contributed by atoms with E-state index >= 15 is 0 Å². The number of imide groups is 1. The third-order valence-electron chi connectivity index (χ3n) is 5.94.